The SMILES string of the molecule is CCCCc1cc(C)cc(N2c3cc4c(oc5ccccc54)c4c3B(c3cccc(CCCC)c32)n2c3ccccc3c3cccc-4c32)c1. The van der Waals surface area contributed by atoms with Gasteiger partial charge in [-0.1, -0.05) is 106 Å². The molecule has 0 bridgehead atoms. The maximum Gasteiger partial charge on any atom is 0.333 e. The van der Waals surface area contributed by atoms with Gasteiger partial charge in [0.05, 0.1) is 0 Å². The van der Waals surface area contributed by atoms with E-state index in [2.05, 4.69) is 139 Å². The second kappa shape index (κ2) is 10.9. The van der Waals surface area contributed by atoms with Crippen LogP contribution >= 0.6 is 0 Å². The van der Waals surface area contributed by atoms with Crippen LogP contribution in [0, 0.1) is 6.92 Å². The number of anilines is 3. The van der Waals surface area contributed by atoms with Crippen LogP contribution in [0.2, 0.25) is 0 Å². The first-order valence-electron chi connectivity index (χ1n) is 18.2. The quantitative estimate of drug-likeness (QED) is 0.163. The van der Waals surface area contributed by atoms with Crippen molar-refractivity contribution < 1.29 is 4.42 Å². The summed E-state index contributed by atoms with van der Waals surface area (Å²) in [6.45, 7) is 6.86. The molecule has 0 atom stereocenters. The lowest BCUT2D eigenvalue weighted by Gasteiger charge is -2.41. The molecule has 8 aromatic rings. The highest BCUT2D eigenvalue weighted by molar-refractivity contribution is 6.90. The Hall–Kier alpha value is -5.22. The Bertz CT molecular complexity index is 2620. The van der Waals surface area contributed by atoms with Crippen molar-refractivity contribution in [3.05, 3.63) is 126 Å². The topological polar surface area (TPSA) is 21.3 Å². The highest BCUT2D eigenvalue weighted by atomic mass is 16.3. The highest BCUT2D eigenvalue weighted by Crippen LogP contribution is 2.50. The minimum atomic E-state index is 0.0112. The minimum Gasteiger partial charge on any atom is -0.455 e. The van der Waals surface area contributed by atoms with Crippen LogP contribution in [0.5, 0.6) is 0 Å². The van der Waals surface area contributed by atoms with E-state index in [0.29, 0.717) is 0 Å². The van der Waals surface area contributed by atoms with Crippen molar-refractivity contribution in [3.63, 3.8) is 0 Å². The molecule has 4 heteroatoms. The molecule has 2 aromatic heterocycles. The highest BCUT2D eigenvalue weighted by Gasteiger charge is 2.44. The van der Waals surface area contributed by atoms with Crippen molar-refractivity contribution in [2.45, 2.75) is 59.3 Å². The molecule has 2 aliphatic rings. The number of benzene rings is 6. The summed E-state index contributed by atoms with van der Waals surface area (Å²) < 4.78 is 9.56. The summed E-state index contributed by atoms with van der Waals surface area (Å²) in [6, 6.07) is 41.2. The number of para-hydroxylation sites is 4. The third-order valence-electron chi connectivity index (χ3n) is 11.1. The lowest BCUT2D eigenvalue weighted by Crippen LogP contribution is -2.57. The van der Waals surface area contributed by atoms with Gasteiger partial charge < -0.3 is 13.8 Å². The van der Waals surface area contributed by atoms with E-state index >= 15 is 0 Å². The maximum atomic E-state index is 6.90. The van der Waals surface area contributed by atoms with Crippen LogP contribution in [0.15, 0.2) is 114 Å². The molecule has 0 saturated heterocycles. The van der Waals surface area contributed by atoms with Crippen LogP contribution in [-0.4, -0.2) is 11.3 Å². The van der Waals surface area contributed by atoms with E-state index in [-0.39, 0.29) is 6.85 Å². The van der Waals surface area contributed by atoms with Crippen molar-refractivity contribution in [1.29, 1.82) is 0 Å². The lowest BCUT2D eigenvalue weighted by molar-refractivity contribution is 0.670. The lowest BCUT2D eigenvalue weighted by atomic mass is 9.44. The summed E-state index contributed by atoms with van der Waals surface area (Å²) >= 11 is 0. The van der Waals surface area contributed by atoms with Gasteiger partial charge in [0, 0.05) is 60.8 Å². The number of aromatic nitrogens is 1. The first-order chi connectivity index (χ1) is 24.2. The van der Waals surface area contributed by atoms with Gasteiger partial charge >= 0.3 is 6.85 Å². The van der Waals surface area contributed by atoms with Crippen LogP contribution in [0.4, 0.5) is 17.1 Å². The number of hydrogen-bond acceptors (Lipinski definition) is 2. The van der Waals surface area contributed by atoms with Crippen LogP contribution < -0.4 is 15.8 Å². The van der Waals surface area contributed by atoms with Crippen molar-refractivity contribution in [3.8, 4) is 11.1 Å². The molecule has 10 rings (SSSR count). The average molecular weight is 635 g/mol. The Balaban J connectivity index is 1.41. The van der Waals surface area contributed by atoms with E-state index in [0.717, 1.165) is 36.8 Å². The van der Waals surface area contributed by atoms with E-state index in [1.807, 2.05) is 0 Å². The number of nitrogens with zero attached hydrogens (tertiary/aromatic N) is 2. The molecule has 0 radical (unpaired) electrons. The van der Waals surface area contributed by atoms with Gasteiger partial charge in [-0.05, 0) is 90.6 Å². The fraction of sp³-hybridized carbons (Fsp3) is 0.200. The molecule has 0 amide bonds. The molecule has 3 nitrogen and oxygen atoms in total. The van der Waals surface area contributed by atoms with Crippen LogP contribution in [0.3, 0.4) is 0 Å². The van der Waals surface area contributed by atoms with Gasteiger partial charge in [0.25, 0.3) is 0 Å². The molecule has 2 aliphatic heterocycles. The van der Waals surface area contributed by atoms with E-state index in [4.69, 9.17) is 4.42 Å². The maximum absolute atomic E-state index is 6.90. The van der Waals surface area contributed by atoms with Crippen LogP contribution in [-0.2, 0) is 12.8 Å². The molecule has 0 unspecified atom stereocenters. The van der Waals surface area contributed by atoms with Gasteiger partial charge in [-0.2, -0.15) is 0 Å². The third-order valence-corrected chi connectivity index (χ3v) is 11.1. The van der Waals surface area contributed by atoms with Gasteiger partial charge in [0.2, 0.25) is 0 Å². The number of unbranched alkanes of at least 4 members (excludes halogenated alkanes) is 2. The molecular formula is C45H39BN2O. The first-order valence-corrected chi connectivity index (χ1v) is 18.2. The fourth-order valence-electron chi connectivity index (χ4n) is 9.09. The van der Waals surface area contributed by atoms with Gasteiger partial charge in [-0.25, -0.2) is 0 Å². The average Bonchev–Trinajstić information content (AvgIpc) is 3.67. The standard InChI is InChI=1S/C45H39BN2O/c1-4-6-14-29-24-28(3)25-31(26-29)47-39-27-36-33-18-9-11-23-40(33)49-45(36)41-35-20-13-19-34-32-17-8-10-22-38(32)48(44(34)35)46(42(39)41)37-21-12-16-30(43(37)47)15-7-5-2/h8-13,16-27H,4-7,14-15H2,1-3H3. The molecule has 0 aliphatic carbocycles. The second-order valence-corrected chi connectivity index (χ2v) is 14.2. The van der Waals surface area contributed by atoms with Gasteiger partial charge in [0.15, 0.2) is 0 Å². The largest absolute Gasteiger partial charge is 0.455 e. The minimum absolute atomic E-state index is 0.0112. The number of rotatable bonds is 7. The van der Waals surface area contributed by atoms with Gasteiger partial charge in [-0.3, -0.25) is 0 Å². The fourth-order valence-corrected chi connectivity index (χ4v) is 9.09. The molecule has 0 fully saturated rings. The Morgan fingerprint density at radius 3 is 2.35 bits per heavy atom. The summed E-state index contributed by atoms with van der Waals surface area (Å²) in [6.07, 6.45) is 6.85. The van der Waals surface area contributed by atoms with E-state index in [9.17, 15) is 0 Å². The first kappa shape index (κ1) is 28.8. The number of hydrogen-bond donors (Lipinski definition) is 0. The smallest absolute Gasteiger partial charge is 0.333 e. The summed E-state index contributed by atoms with van der Waals surface area (Å²) in [7, 11) is 0. The normalized spacial score (nSPS) is 13.2. The Morgan fingerprint density at radius 2 is 1.47 bits per heavy atom. The predicted molar refractivity (Wildman–Crippen MR) is 209 cm³/mol. The molecule has 238 valence electrons. The number of fused-ring (bicyclic) bond motifs is 11. The number of aryl methyl sites for hydroxylation is 3. The molecule has 4 heterocycles. The Labute approximate surface area is 287 Å². The van der Waals surface area contributed by atoms with E-state index < -0.39 is 0 Å². The number of furan rings is 1. The monoisotopic (exact) mass is 634 g/mol. The summed E-state index contributed by atoms with van der Waals surface area (Å²) in [5.74, 6) is 0. The molecule has 0 spiro atoms. The Morgan fingerprint density at radius 1 is 0.694 bits per heavy atom. The van der Waals surface area contributed by atoms with E-state index in [1.54, 1.807) is 0 Å². The zero-order chi connectivity index (χ0) is 32.8. The molecule has 0 saturated carbocycles. The zero-order valence-corrected chi connectivity index (χ0v) is 28.5. The van der Waals surface area contributed by atoms with Crippen molar-refractivity contribution in [2.75, 3.05) is 4.90 Å². The van der Waals surface area contributed by atoms with Gasteiger partial charge in [-0.15, -0.1) is 0 Å². The summed E-state index contributed by atoms with van der Waals surface area (Å²) in [5, 5.41) is 4.96. The molecular weight excluding hydrogens is 595 g/mol. The van der Waals surface area contributed by atoms with E-state index in [1.165, 1.54) is 101 Å². The van der Waals surface area contributed by atoms with Crippen molar-refractivity contribution in [2.24, 2.45) is 0 Å². The third kappa shape index (κ3) is 4.04. The summed E-state index contributed by atoms with van der Waals surface area (Å²) in [5.41, 5.74) is 17.7. The molecule has 0 N–H and O–H groups in total. The molecule has 49 heavy (non-hydrogen) atoms. The second-order valence-electron chi connectivity index (χ2n) is 14.2. The zero-order valence-electron chi connectivity index (χ0n) is 28.5. The van der Waals surface area contributed by atoms with Crippen molar-refractivity contribution >= 4 is 78.6 Å². The van der Waals surface area contributed by atoms with Crippen LogP contribution in [0.25, 0.3) is 54.9 Å². The predicted octanol–water partition coefficient (Wildman–Crippen LogP) is 11.1. The Kier molecular flexibility index (Phi) is 6.40. The summed E-state index contributed by atoms with van der Waals surface area (Å²) in [4.78, 5) is 2.64. The van der Waals surface area contributed by atoms with Crippen LogP contribution in [0.1, 0.15) is 56.2 Å². The molecule has 6 aromatic carbocycles. The van der Waals surface area contributed by atoms with Crippen molar-refractivity contribution in [1.82, 2.24) is 4.48 Å². The van der Waals surface area contributed by atoms with Gasteiger partial charge in [0.1, 0.15) is 11.2 Å².